The van der Waals surface area contributed by atoms with Crippen LogP contribution in [0, 0.1) is 18.8 Å². The molecule has 3 N–H and O–H groups in total. The molecule has 1 aromatic carbocycles. The average Bonchev–Trinajstić information content (AvgIpc) is 3.49. The van der Waals surface area contributed by atoms with Gasteiger partial charge in [-0.05, 0) is 43.5 Å². The molecule has 0 aliphatic carbocycles. The molecule has 0 fully saturated rings. The summed E-state index contributed by atoms with van der Waals surface area (Å²) in [6.45, 7) is 3.70. The number of fused-ring (bicyclic) bond motifs is 2. The molecule has 0 bridgehead atoms. The maximum Gasteiger partial charge on any atom is 0.267 e. The van der Waals surface area contributed by atoms with Crippen LogP contribution in [0.1, 0.15) is 46.0 Å². The van der Waals surface area contributed by atoms with Crippen LogP contribution in [0.4, 0.5) is 5.82 Å². The number of rotatable bonds is 4. The van der Waals surface area contributed by atoms with Gasteiger partial charge in [-0.1, -0.05) is 42.3 Å². The second-order valence-electron chi connectivity index (χ2n) is 9.51. The predicted octanol–water partition coefficient (Wildman–Crippen LogP) is 2.92. The zero-order valence-corrected chi connectivity index (χ0v) is 22.5. The second-order valence-corrected chi connectivity index (χ2v) is 9.51. The van der Waals surface area contributed by atoms with Crippen molar-refractivity contribution >= 4 is 23.0 Å². The third kappa shape index (κ3) is 4.47. The van der Waals surface area contributed by atoms with Gasteiger partial charge >= 0.3 is 0 Å². The van der Waals surface area contributed by atoms with E-state index in [-0.39, 0.29) is 16.9 Å². The van der Waals surface area contributed by atoms with Gasteiger partial charge in [0.25, 0.3) is 11.5 Å². The Morgan fingerprint density at radius 2 is 1.88 bits per heavy atom. The summed E-state index contributed by atoms with van der Waals surface area (Å²) in [6, 6.07) is 15.6. The fourth-order valence-electron chi connectivity index (χ4n) is 4.70. The Balaban J connectivity index is 1.48. The molecule has 11 heteroatoms. The lowest BCUT2D eigenvalue weighted by Crippen LogP contribution is -2.31. The van der Waals surface area contributed by atoms with Gasteiger partial charge in [-0.3, -0.25) is 18.7 Å². The highest BCUT2D eigenvalue weighted by Crippen LogP contribution is 2.26. The Hall–Kier alpha value is -5.76. The van der Waals surface area contributed by atoms with Gasteiger partial charge in [0, 0.05) is 19.4 Å². The number of nitrogens with one attached hydrogen (secondary N) is 1. The van der Waals surface area contributed by atoms with Crippen LogP contribution < -0.4 is 16.6 Å². The van der Waals surface area contributed by atoms with Crippen molar-refractivity contribution < 1.29 is 4.79 Å². The van der Waals surface area contributed by atoms with Crippen LogP contribution in [0.25, 0.3) is 22.4 Å². The van der Waals surface area contributed by atoms with Crippen molar-refractivity contribution in [1.29, 1.82) is 0 Å². The van der Waals surface area contributed by atoms with Crippen molar-refractivity contribution in [2.75, 3.05) is 5.73 Å². The SMILES string of the molecule is Cc1c(C#Cc2cccc3nc([C@H](C)NC(=O)c4c(N)nn5cccnc45)c(-c4ccccc4)c(=O)n23)cnn1C. The molecule has 0 spiro atoms. The lowest BCUT2D eigenvalue weighted by molar-refractivity contribution is 0.0941. The number of aromatic nitrogens is 7. The number of carbonyl (C=O) groups excluding carboxylic acids is 1. The summed E-state index contributed by atoms with van der Waals surface area (Å²) in [5.41, 5.74) is 10.2. The van der Waals surface area contributed by atoms with Crippen LogP contribution in [-0.4, -0.2) is 39.7 Å². The van der Waals surface area contributed by atoms with E-state index in [1.54, 1.807) is 54.5 Å². The monoisotopic (exact) mass is 543 g/mol. The van der Waals surface area contributed by atoms with Gasteiger partial charge in [-0.15, -0.1) is 5.10 Å². The summed E-state index contributed by atoms with van der Waals surface area (Å²) in [7, 11) is 1.85. The van der Waals surface area contributed by atoms with Crippen LogP contribution in [0.15, 0.2) is 78.0 Å². The summed E-state index contributed by atoms with van der Waals surface area (Å²) in [5, 5.41) is 11.4. The van der Waals surface area contributed by atoms with Crippen molar-refractivity contribution in [3.63, 3.8) is 0 Å². The highest BCUT2D eigenvalue weighted by molar-refractivity contribution is 6.04. The standard InChI is InChI=1S/C30H25N9O2/c1-18(34-29(40)25-27(31)36-38-16-8-15-32-28(25)38)26-24(20-9-5-4-6-10-20)30(41)39-22(11-7-12-23(39)35-26)14-13-21-17-33-37(3)19(21)2/h4-12,15-18H,1-3H3,(H2,31,36)(H,34,40)/t18-/m0/s1. The fraction of sp³-hybridized carbons (Fsp3) is 0.133. The molecule has 5 aromatic heterocycles. The Kier molecular flexibility index (Phi) is 6.28. The number of carbonyl (C=O) groups is 1. The first kappa shape index (κ1) is 25.5. The molecule has 0 aliphatic heterocycles. The van der Waals surface area contributed by atoms with E-state index in [4.69, 9.17) is 10.7 Å². The number of nitrogens with two attached hydrogens (primary N) is 1. The third-order valence-corrected chi connectivity index (χ3v) is 6.91. The molecule has 0 unspecified atom stereocenters. The van der Waals surface area contributed by atoms with Crippen molar-refractivity contribution in [3.05, 3.63) is 112 Å². The first-order valence-electron chi connectivity index (χ1n) is 12.8. The number of benzene rings is 1. The molecule has 41 heavy (non-hydrogen) atoms. The average molecular weight is 544 g/mol. The van der Waals surface area contributed by atoms with Crippen molar-refractivity contribution in [2.45, 2.75) is 19.9 Å². The second kappa shape index (κ2) is 10.1. The topological polar surface area (TPSA) is 138 Å². The largest absolute Gasteiger partial charge is 0.381 e. The summed E-state index contributed by atoms with van der Waals surface area (Å²) in [6.07, 6.45) is 4.92. The van der Waals surface area contributed by atoms with Crippen molar-refractivity contribution in [1.82, 2.24) is 39.1 Å². The molecule has 6 rings (SSSR count). The van der Waals surface area contributed by atoms with Gasteiger partial charge in [-0.2, -0.15) is 5.10 Å². The minimum absolute atomic E-state index is 0.0512. The molecule has 1 amide bonds. The zero-order chi connectivity index (χ0) is 28.7. The van der Waals surface area contributed by atoms with Gasteiger partial charge < -0.3 is 11.1 Å². The van der Waals surface area contributed by atoms with Gasteiger partial charge in [0.05, 0.1) is 34.8 Å². The molecule has 5 heterocycles. The minimum atomic E-state index is -0.666. The predicted molar refractivity (Wildman–Crippen MR) is 154 cm³/mol. The number of hydrogen-bond donors (Lipinski definition) is 2. The van der Waals surface area contributed by atoms with E-state index in [0.29, 0.717) is 33.8 Å². The molecule has 0 aliphatic rings. The van der Waals surface area contributed by atoms with Gasteiger partial charge in [0.2, 0.25) is 0 Å². The number of nitrogen functional groups attached to an aromatic ring is 1. The maximum absolute atomic E-state index is 14.2. The van der Waals surface area contributed by atoms with Crippen LogP contribution in [-0.2, 0) is 7.05 Å². The quantitative estimate of drug-likeness (QED) is 0.326. The molecular weight excluding hydrogens is 518 g/mol. The van der Waals surface area contributed by atoms with Gasteiger partial charge in [-0.25, -0.2) is 14.5 Å². The fourth-order valence-corrected chi connectivity index (χ4v) is 4.70. The summed E-state index contributed by atoms with van der Waals surface area (Å²) in [5.74, 6) is 5.82. The summed E-state index contributed by atoms with van der Waals surface area (Å²) < 4.78 is 4.68. The number of hydrogen-bond acceptors (Lipinski definition) is 7. The smallest absolute Gasteiger partial charge is 0.267 e. The molecule has 202 valence electrons. The normalized spacial score (nSPS) is 11.8. The summed E-state index contributed by atoms with van der Waals surface area (Å²) in [4.78, 5) is 36.7. The first-order valence-corrected chi connectivity index (χ1v) is 12.8. The van der Waals surface area contributed by atoms with Crippen LogP contribution >= 0.6 is 0 Å². The molecular formula is C30H25N9O2. The third-order valence-electron chi connectivity index (χ3n) is 6.91. The van der Waals surface area contributed by atoms with Crippen molar-refractivity contribution in [3.8, 4) is 23.0 Å². The molecule has 0 saturated carbocycles. The van der Waals surface area contributed by atoms with Gasteiger partial charge in [0.15, 0.2) is 11.5 Å². The van der Waals surface area contributed by atoms with Gasteiger partial charge in [0.1, 0.15) is 16.9 Å². The lowest BCUT2D eigenvalue weighted by Gasteiger charge is -2.18. The van der Waals surface area contributed by atoms with Crippen molar-refractivity contribution in [2.24, 2.45) is 7.05 Å². The molecule has 1 atom stereocenters. The van der Waals surface area contributed by atoms with E-state index in [0.717, 1.165) is 11.3 Å². The minimum Gasteiger partial charge on any atom is -0.381 e. The Bertz CT molecular complexity index is 2080. The number of amides is 1. The van der Waals surface area contributed by atoms with E-state index in [2.05, 4.69) is 32.3 Å². The molecule has 11 nitrogen and oxygen atoms in total. The summed E-state index contributed by atoms with van der Waals surface area (Å²) >= 11 is 0. The van der Waals surface area contributed by atoms with E-state index in [1.165, 1.54) is 8.92 Å². The Morgan fingerprint density at radius 3 is 2.63 bits per heavy atom. The van der Waals surface area contributed by atoms with E-state index < -0.39 is 11.9 Å². The van der Waals surface area contributed by atoms with Crippen LogP contribution in [0.3, 0.4) is 0 Å². The number of pyridine rings is 1. The van der Waals surface area contributed by atoms with E-state index in [9.17, 15) is 9.59 Å². The highest BCUT2D eigenvalue weighted by Gasteiger charge is 2.25. The number of anilines is 1. The Labute approximate surface area is 234 Å². The van der Waals surface area contributed by atoms with Crippen LogP contribution in [0.2, 0.25) is 0 Å². The maximum atomic E-state index is 14.2. The number of aryl methyl sites for hydroxylation is 1. The lowest BCUT2D eigenvalue weighted by atomic mass is 10.0. The first-order chi connectivity index (χ1) is 19.8. The van der Waals surface area contributed by atoms with E-state index >= 15 is 0 Å². The molecule has 0 saturated heterocycles. The number of nitrogens with zero attached hydrogens (tertiary/aromatic N) is 7. The molecule has 0 radical (unpaired) electrons. The molecule has 6 aromatic rings. The zero-order valence-electron chi connectivity index (χ0n) is 22.5. The highest BCUT2D eigenvalue weighted by atomic mass is 16.2. The van der Waals surface area contributed by atoms with Crippen LogP contribution in [0.5, 0.6) is 0 Å². The van der Waals surface area contributed by atoms with E-state index in [1.807, 2.05) is 44.3 Å². The Morgan fingerprint density at radius 1 is 1.07 bits per heavy atom.